The van der Waals surface area contributed by atoms with Crippen LogP contribution >= 0.6 is 0 Å². The topological polar surface area (TPSA) is 92.4 Å². The SMILES string of the molecule is CN1CCOC(CNc2nc(N)nc(N3CCCC3)n2)C1. The third-order valence-electron chi connectivity index (χ3n) is 3.86. The lowest BCUT2D eigenvalue weighted by molar-refractivity contribution is -0.0117. The van der Waals surface area contributed by atoms with Crippen LogP contribution in [0.2, 0.25) is 0 Å². The van der Waals surface area contributed by atoms with Gasteiger partial charge in [-0.1, -0.05) is 0 Å². The van der Waals surface area contributed by atoms with Crippen LogP contribution < -0.4 is 16.0 Å². The van der Waals surface area contributed by atoms with E-state index in [2.05, 4.69) is 37.1 Å². The predicted molar refractivity (Wildman–Crippen MR) is 81.4 cm³/mol. The quantitative estimate of drug-likeness (QED) is 0.788. The van der Waals surface area contributed by atoms with Crippen LogP contribution in [0.3, 0.4) is 0 Å². The van der Waals surface area contributed by atoms with Gasteiger partial charge in [-0.3, -0.25) is 0 Å². The first-order valence-corrected chi connectivity index (χ1v) is 7.51. The second-order valence-electron chi connectivity index (χ2n) is 5.65. The maximum atomic E-state index is 5.79. The molecule has 3 heterocycles. The highest BCUT2D eigenvalue weighted by Gasteiger charge is 2.19. The number of hydrogen-bond acceptors (Lipinski definition) is 8. The minimum absolute atomic E-state index is 0.150. The molecule has 0 bridgehead atoms. The molecule has 3 N–H and O–H groups in total. The van der Waals surface area contributed by atoms with Crippen LogP contribution in [0, 0.1) is 0 Å². The number of morpholine rings is 1. The zero-order valence-corrected chi connectivity index (χ0v) is 12.5. The van der Waals surface area contributed by atoms with Crippen LogP contribution in [0.15, 0.2) is 0 Å². The molecule has 1 aromatic heterocycles. The van der Waals surface area contributed by atoms with Gasteiger partial charge in [0.2, 0.25) is 17.8 Å². The van der Waals surface area contributed by atoms with Gasteiger partial charge >= 0.3 is 0 Å². The second kappa shape index (κ2) is 6.40. The van der Waals surface area contributed by atoms with E-state index in [9.17, 15) is 0 Å². The van der Waals surface area contributed by atoms with Gasteiger partial charge < -0.3 is 25.6 Å². The zero-order valence-electron chi connectivity index (χ0n) is 12.5. The summed E-state index contributed by atoms with van der Waals surface area (Å²) >= 11 is 0. The Kier molecular flexibility index (Phi) is 4.35. The molecular formula is C13H23N7O. The zero-order chi connectivity index (χ0) is 14.7. The molecule has 1 atom stereocenters. The van der Waals surface area contributed by atoms with Crippen molar-refractivity contribution in [3.05, 3.63) is 0 Å². The summed E-state index contributed by atoms with van der Waals surface area (Å²) in [7, 11) is 2.10. The Balaban J connectivity index is 1.62. The third kappa shape index (κ3) is 3.70. The predicted octanol–water partition coefficient (Wildman–Crippen LogP) is -0.203. The van der Waals surface area contributed by atoms with Crippen molar-refractivity contribution >= 4 is 17.8 Å². The molecule has 0 saturated carbocycles. The molecule has 0 radical (unpaired) electrons. The second-order valence-corrected chi connectivity index (χ2v) is 5.65. The summed E-state index contributed by atoms with van der Waals surface area (Å²) in [6.45, 7) is 5.30. The van der Waals surface area contributed by atoms with E-state index in [1.54, 1.807) is 0 Å². The van der Waals surface area contributed by atoms with Gasteiger partial charge in [0.25, 0.3) is 0 Å². The largest absolute Gasteiger partial charge is 0.374 e. The molecule has 2 aliphatic rings. The van der Waals surface area contributed by atoms with Crippen LogP contribution in [0.25, 0.3) is 0 Å². The molecule has 0 aliphatic carbocycles. The van der Waals surface area contributed by atoms with E-state index < -0.39 is 0 Å². The van der Waals surface area contributed by atoms with Crippen LogP contribution in [-0.2, 0) is 4.74 Å². The molecule has 1 aromatic rings. The standard InChI is InChI=1S/C13H23N7O/c1-19-6-7-21-10(9-19)8-15-12-16-11(14)17-13(18-12)20-4-2-3-5-20/h10H,2-9H2,1H3,(H3,14,15,16,17,18). The lowest BCUT2D eigenvalue weighted by Gasteiger charge is -2.30. The van der Waals surface area contributed by atoms with Crippen molar-refractivity contribution in [2.45, 2.75) is 18.9 Å². The van der Waals surface area contributed by atoms with E-state index >= 15 is 0 Å². The van der Waals surface area contributed by atoms with Crippen molar-refractivity contribution in [1.29, 1.82) is 0 Å². The van der Waals surface area contributed by atoms with E-state index in [4.69, 9.17) is 10.5 Å². The van der Waals surface area contributed by atoms with Crippen LogP contribution in [0.1, 0.15) is 12.8 Å². The fourth-order valence-electron chi connectivity index (χ4n) is 2.71. The molecule has 0 spiro atoms. The van der Waals surface area contributed by atoms with Gasteiger partial charge in [-0.25, -0.2) is 0 Å². The van der Waals surface area contributed by atoms with E-state index in [-0.39, 0.29) is 12.1 Å². The average Bonchev–Trinajstić information content (AvgIpc) is 2.99. The van der Waals surface area contributed by atoms with Gasteiger partial charge in [-0.05, 0) is 19.9 Å². The number of likely N-dealkylation sites (N-methyl/N-ethyl adjacent to an activating group) is 1. The van der Waals surface area contributed by atoms with Crippen molar-refractivity contribution < 1.29 is 4.74 Å². The lowest BCUT2D eigenvalue weighted by Crippen LogP contribution is -2.43. The Morgan fingerprint density at radius 1 is 1.24 bits per heavy atom. The summed E-state index contributed by atoms with van der Waals surface area (Å²) in [6.07, 6.45) is 2.50. The number of nitrogens with two attached hydrogens (primary N) is 1. The highest BCUT2D eigenvalue weighted by molar-refractivity contribution is 5.42. The number of anilines is 3. The molecule has 21 heavy (non-hydrogen) atoms. The number of nitrogens with zero attached hydrogens (tertiary/aromatic N) is 5. The van der Waals surface area contributed by atoms with Gasteiger partial charge in [0.05, 0.1) is 12.7 Å². The van der Waals surface area contributed by atoms with Gasteiger partial charge in [0.1, 0.15) is 0 Å². The molecular weight excluding hydrogens is 270 g/mol. The minimum Gasteiger partial charge on any atom is -0.374 e. The maximum absolute atomic E-state index is 5.79. The summed E-state index contributed by atoms with van der Waals surface area (Å²) < 4.78 is 5.71. The van der Waals surface area contributed by atoms with Crippen molar-refractivity contribution in [2.75, 3.05) is 62.3 Å². The molecule has 0 aromatic carbocycles. The van der Waals surface area contributed by atoms with Crippen molar-refractivity contribution in [3.63, 3.8) is 0 Å². The monoisotopic (exact) mass is 293 g/mol. The first-order valence-electron chi connectivity index (χ1n) is 7.51. The average molecular weight is 293 g/mol. The number of nitrogen functional groups attached to an aromatic ring is 1. The number of aromatic nitrogens is 3. The lowest BCUT2D eigenvalue weighted by atomic mass is 10.3. The van der Waals surface area contributed by atoms with Crippen LogP contribution in [0.5, 0.6) is 0 Å². The molecule has 8 nitrogen and oxygen atoms in total. The molecule has 3 rings (SSSR count). The Morgan fingerprint density at radius 2 is 2.05 bits per heavy atom. The molecule has 1 unspecified atom stereocenters. The van der Waals surface area contributed by atoms with Crippen LogP contribution in [-0.4, -0.2) is 72.3 Å². The Labute approximate surface area is 124 Å². The van der Waals surface area contributed by atoms with Crippen LogP contribution in [0.4, 0.5) is 17.8 Å². The van der Waals surface area contributed by atoms with Gasteiger partial charge in [0, 0.05) is 32.7 Å². The first kappa shape index (κ1) is 14.3. The summed E-state index contributed by atoms with van der Waals surface area (Å²) in [5.41, 5.74) is 5.79. The van der Waals surface area contributed by atoms with E-state index in [0.717, 1.165) is 32.8 Å². The first-order chi connectivity index (χ1) is 10.2. The number of hydrogen-bond donors (Lipinski definition) is 2. The fourth-order valence-corrected chi connectivity index (χ4v) is 2.71. The van der Waals surface area contributed by atoms with E-state index in [1.165, 1.54) is 12.8 Å². The summed E-state index contributed by atoms with van der Waals surface area (Å²) in [5.74, 6) is 1.46. The molecule has 2 fully saturated rings. The van der Waals surface area contributed by atoms with Gasteiger partial charge in [0.15, 0.2) is 0 Å². The Hall–Kier alpha value is -1.67. The van der Waals surface area contributed by atoms with Crippen molar-refractivity contribution in [3.8, 4) is 0 Å². The van der Waals surface area contributed by atoms with E-state index in [1.807, 2.05) is 0 Å². The Morgan fingerprint density at radius 3 is 2.81 bits per heavy atom. The van der Waals surface area contributed by atoms with Crippen molar-refractivity contribution in [2.24, 2.45) is 0 Å². The van der Waals surface area contributed by atoms with Crippen molar-refractivity contribution in [1.82, 2.24) is 19.9 Å². The van der Waals surface area contributed by atoms with Gasteiger partial charge in [-0.2, -0.15) is 15.0 Å². The van der Waals surface area contributed by atoms with Gasteiger partial charge in [-0.15, -0.1) is 0 Å². The number of rotatable bonds is 4. The Bertz CT molecular complexity index is 478. The molecule has 2 aliphatic heterocycles. The smallest absolute Gasteiger partial charge is 0.231 e. The number of nitrogens with one attached hydrogen (secondary N) is 1. The summed E-state index contributed by atoms with van der Waals surface area (Å²) in [6, 6.07) is 0. The fraction of sp³-hybridized carbons (Fsp3) is 0.769. The highest BCUT2D eigenvalue weighted by atomic mass is 16.5. The van der Waals surface area contributed by atoms with E-state index in [0.29, 0.717) is 18.4 Å². The molecule has 8 heteroatoms. The maximum Gasteiger partial charge on any atom is 0.231 e. The minimum atomic E-state index is 0.150. The molecule has 116 valence electrons. The normalized spacial score (nSPS) is 23.5. The molecule has 2 saturated heterocycles. The molecule has 0 amide bonds. The number of ether oxygens (including phenoxy) is 1. The highest BCUT2D eigenvalue weighted by Crippen LogP contribution is 2.17. The third-order valence-corrected chi connectivity index (χ3v) is 3.86. The summed E-state index contributed by atoms with van der Waals surface area (Å²) in [4.78, 5) is 17.2. The summed E-state index contributed by atoms with van der Waals surface area (Å²) in [5, 5.41) is 3.22.